The maximum Gasteiger partial charge on any atom is 0.340 e. The number of methoxy groups -OCH3 is 1. The third-order valence-corrected chi connectivity index (χ3v) is 4.72. The molecule has 0 fully saturated rings. The maximum atomic E-state index is 12.6. The first-order valence-electron chi connectivity index (χ1n) is 7.65. The SMILES string of the molecule is COC(=O)c1c(C)[nH]c(C(=O)[C@H](C)OC(=O)c2cccc(Cl)c2Cl)c1C. The van der Waals surface area contributed by atoms with Crippen molar-refractivity contribution < 1.29 is 23.9 Å². The van der Waals surface area contributed by atoms with E-state index < -0.39 is 23.8 Å². The van der Waals surface area contributed by atoms with Crippen LogP contribution in [0.3, 0.4) is 0 Å². The summed E-state index contributed by atoms with van der Waals surface area (Å²) in [6.45, 7) is 4.70. The molecule has 2 aromatic rings. The number of benzene rings is 1. The van der Waals surface area contributed by atoms with Crippen LogP contribution in [-0.4, -0.2) is 35.9 Å². The Balaban J connectivity index is 2.24. The lowest BCUT2D eigenvalue weighted by atomic mass is 10.1. The second kappa shape index (κ2) is 7.93. The van der Waals surface area contributed by atoms with Crippen LogP contribution in [0.5, 0.6) is 0 Å². The lowest BCUT2D eigenvalue weighted by molar-refractivity contribution is 0.0317. The Kier molecular flexibility index (Phi) is 6.10. The first-order valence-corrected chi connectivity index (χ1v) is 8.41. The molecule has 1 atom stereocenters. The largest absolute Gasteiger partial charge is 0.465 e. The van der Waals surface area contributed by atoms with Gasteiger partial charge >= 0.3 is 11.9 Å². The van der Waals surface area contributed by atoms with E-state index in [2.05, 4.69) is 4.98 Å². The molecule has 1 aromatic carbocycles. The van der Waals surface area contributed by atoms with Crippen LogP contribution in [0, 0.1) is 13.8 Å². The fourth-order valence-corrected chi connectivity index (χ4v) is 2.92. The van der Waals surface area contributed by atoms with E-state index in [1.165, 1.54) is 26.2 Å². The molecule has 0 aliphatic carbocycles. The summed E-state index contributed by atoms with van der Waals surface area (Å²) >= 11 is 11.9. The Morgan fingerprint density at radius 2 is 1.77 bits per heavy atom. The topological polar surface area (TPSA) is 85.5 Å². The first kappa shape index (κ1) is 20.0. The van der Waals surface area contributed by atoms with Crippen molar-refractivity contribution in [1.29, 1.82) is 0 Å². The lowest BCUT2D eigenvalue weighted by Crippen LogP contribution is -2.25. The fourth-order valence-electron chi connectivity index (χ4n) is 2.55. The van der Waals surface area contributed by atoms with Gasteiger partial charge in [-0.1, -0.05) is 29.3 Å². The summed E-state index contributed by atoms with van der Waals surface area (Å²) in [5.41, 5.74) is 1.46. The molecule has 0 aliphatic rings. The fraction of sp³-hybridized carbons (Fsp3) is 0.278. The highest BCUT2D eigenvalue weighted by atomic mass is 35.5. The van der Waals surface area contributed by atoms with Crippen molar-refractivity contribution in [1.82, 2.24) is 4.98 Å². The van der Waals surface area contributed by atoms with Gasteiger partial charge in [-0.25, -0.2) is 9.59 Å². The minimum absolute atomic E-state index is 0.0543. The third kappa shape index (κ3) is 3.76. The van der Waals surface area contributed by atoms with E-state index in [1.54, 1.807) is 19.9 Å². The second-order valence-corrected chi connectivity index (χ2v) is 6.41. The highest BCUT2D eigenvalue weighted by Crippen LogP contribution is 2.27. The number of Topliss-reactive ketones (excluding diaryl/α,β-unsaturated/α-hetero) is 1. The molecule has 0 unspecified atom stereocenters. The number of ketones is 1. The van der Waals surface area contributed by atoms with Crippen molar-refractivity contribution in [2.24, 2.45) is 0 Å². The Labute approximate surface area is 160 Å². The zero-order valence-electron chi connectivity index (χ0n) is 14.6. The van der Waals surface area contributed by atoms with E-state index >= 15 is 0 Å². The van der Waals surface area contributed by atoms with E-state index in [4.69, 9.17) is 32.7 Å². The van der Waals surface area contributed by atoms with Gasteiger partial charge in [0.1, 0.15) is 0 Å². The van der Waals surface area contributed by atoms with Crippen LogP contribution in [0.1, 0.15) is 49.4 Å². The second-order valence-electron chi connectivity index (χ2n) is 5.63. The molecule has 0 saturated carbocycles. The van der Waals surface area contributed by atoms with E-state index in [9.17, 15) is 14.4 Å². The molecule has 0 radical (unpaired) electrons. The average molecular weight is 398 g/mol. The number of aryl methyl sites for hydroxylation is 1. The molecule has 0 spiro atoms. The summed E-state index contributed by atoms with van der Waals surface area (Å²) in [6, 6.07) is 4.54. The van der Waals surface area contributed by atoms with E-state index in [1.807, 2.05) is 0 Å². The summed E-state index contributed by atoms with van der Waals surface area (Å²) in [5, 5.41) is 0.261. The monoisotopic (exact) mass is 397 g/mol. The van der Waals surface area contributed by atoms with Gasteiger partial charge in [0.15, 0.2) is 6.10 Å². The number of nitrogens with one attached hydrogen (secondary N) is 1. The van der Waals surface area contributed by atoms with Gasteiger partial charge < -0.3 is 14.5 Å². The number of carbonyl (C=O) groups excluding carboxylic acids is 3. The van der Waals surface area contributed by atoms with E-state index in [0.29, 0.717) is 11.3 Å². The molecule has 2 rings (SSSR count). The van der Waals surface area contributed by atoms with Gasteiger partial charge in [-0.2, -0.15) is 0 Å². The molecule has 0 amide bonds. The number of hydrogen-bond acceptors (Lipinski definition) is 5. The number of rotatable bonds is 5. The van der Waals surface area contributed by atoms with Crippen LogP contribution in [0.4, 0.5) is 0 Å². The molecular formula is C18H17Cl2NO5. The van der Waals surface area contributed by atoms with Crippen molar-refractivity contribution in [3.63, 3.8) is 0 Å². The van der Waals surface area contributed by atoms with Gasteiger partial charge in [-0.05, 0) is 38.5 Å². The summed E-state index contributed by atoms with van der Waals surface area (Å²) in [5.74, 6) is -1.80. The number of hydrogen-bond donors (Lipinski definition) is 1. The number of esters is 2. The normalized spacial score (nSPS) is 11.8. The molecule has 1 heterocycles. The van der Waals surface area contributed by atoms with Crippen molar-refractivity contribution >= 4 is 40.9 Å². The van der Waals surface area contributed by atoms with Gasteiger partial charge in [0, 0.05) is 5.69 Å². The Hall–Kier alpha value is -2.31. The molecule has 8 heteroatoms. The molecule has 138 valence electrons. The number of aromatic nitrogens is 1. The molecule has 1 aromatic heterocycles. The summed E-state index contributed by atoms with van der Waals surface area (Å²) in [7, 11) is 1.26. The smallest absolute Gasteiger partial charge is 0.340 e. The van der Waals surface area contributed by atoms with Crippen LogP contribution >= 0.6 is 23.2 Å². The number of halogens is 2. The van der Waals surface area contributed by atoms with Crippen LogP contribution in [0.2, 0.25) is 10.0 Å². The lowest BCUT2D eigenvalue weighted by Gasteiger charge is -2.13. The van der Waals surface area contributed by atoms with Gasteiger partial charge in [0.2, 0.25) is 5.78 Å². The van der Waals surface area contributed by atoms with Crippen molar-refractivity contribution in [3.8, 4) is 0 Å². The molecule has 26 heavy (non-hydrogen) atoms. The number of aromatic amines is 1. The molecule has 1 N–H and O–H groups in total. The minimum Gasteiger partial charge on any atom is -0.465 e. The maximum absolute atomic E-state index is 12.6. The Morgan fingerprint density at radius 1 is 1.12 bits per heavy atom. The molecule has 0 aliphatic heterocycles. The standard InChI is InChI=1S/C18H17Cl2NO5/c1-8-13(18(24)25-4)9(2)21-15(8)16(22)10(3)26-17(23)11-6-5-7-12(19)14(11)20/h5-7,10,21H,1-4H3/t10-/m0/s1. The van der Waals surface area contributed by atoms with Crippen LogP contribution in [0.15, 0.2) is 18.2 Å². The Morgan fingerprint density at radius 3 is 2.38 bits per heavy atom. The number of H-pyrrole nitrogens is 1. The van der Waals surface area contributed by atoms with Gasteiger partial charge in [0.25, 0.3) is 0 Å². The van der Waals surface area contributed by atoms with Crippen molar-refractivity contribution in [3.05, 3.63) is 56.3 Å². The first-order chi connectivity index (χ1) is 12.2. The zero-order chi connectivity index (χ0) is 19.6. The predicted molar refractivity (Wildman–Crippen MR) is 97.3 cm³/mol. The van der Waals surface area contributed by atoms with E-state index in [-0.39, 0.29) is 26.9 Å². The average Bonchev–Trinajstić information content (AvgIpc) is 2.90. The van der Waals surface area contributed by atoms with Crippen LogP contribution in [-0.2, 0) is 9.47 Å². The Bertz CT molecular complexity index is 888. The molecular weight excluding hydrogens is 381 g/mol. The predicted octanol–water partition coefficient (Wildman–Crippen LogP) is 4.15. The zero-order valence-corrected chi connectivity index (χ0v) is 16.1. The van der Waals surface area contributed by atoms with Gasteiger partial charge in [0.05, 0.1) is 34.0 Å². The van der Waals surface area contributed by atoms with Crippen LogP contribution in [0.25, 0.3) is 0 Å². The van der Waals surface area contributed by atoms with E-state index in [0.717, 1.165) is 0 Å². The van der Waals surface area contributed by atoms with Crippen molar-refractivity contribution in [2.75, 3.05) is 7.11 Å². The van der Waals surface area contributed by atoms with Gasteiger partial charge in [-0.15, -0.1) is 0 Å². The third-order valence-electron chi connectivity index (χ3n) is 3.90. The van der Waals surface area contributed by atoms with Gasteiger partial charge in [-0.3, -0.25) is 4.79 Å². The molecule has 0 bridgehead atoms. The van der Waals surface area contributed by atoms with Crippen LogP contribution < -0.4 is 0 Å². The van der Waals surface area contributed by atoms with Crippen molar-refractivity contribution in [2.45, 2.75) is 26.9 Å². The summed E-state index contributed by atoms with van der Waals surface area (Å²) < 4.78 is 9.93. The quantitative estimate of drug-likeness (QED) is 0.604. The molecule has 6 nitrogen and oxygen atoms in total. The molecule has 0 saturated heterocycles. The minimum atomic E-state index is -1.10. The number of ether oxygens (including phenoxy) is 2. The summed E-state index contributed by atoms with van der Waals surface area (Å²) in [4.78, 5) is 39.6. The number of carbonyl (C=O) groups is 3. The highest BCUT2D eigenvalue weighted by Gasteiger charge is 2.28. The summed E-state index contributed by atoms with van der Waals surface area (Å²) in [6.07, 6.45) is -1.10. The highest BCUT2D eigenvalue weighted by molar-refractivity contribution is 6.43.